The van der Waals surface area contributed by atoms with Crippen molar-refractivity contribution >= 4 is 46.4 Å². The maximum atomic E-state index is 12.5. The van der Waals surface area contributed by atoms with E-state index in [1.165, 1.54) is 17.0 Å². The zero-order chi connectivity index (χ0) is 15.6. The molecule has 2 N–H and O–H groups in total. The first-order valence-electron chi connectivity index (χ1n) is 6.13. The van der Waals surface area contributed by atoms with Crippen molar-refractivity contribution in [3.8, 4) is 0 Å². The number of rotatable bonds is 3. The predicted octanol–water partition coefficient (Wildman–Crippen LogP) is 4.50. The number of amides is 1. The Hall–Kier alpha value is -1.42. The monoisotopic (exact) mass is 342 g/mol. The molecule has 110 valence electrons. The lowest BCUT2D eigenvalue weighted by Gasteiger charge is -2.19. The average molecular weight is 344 g/mol. The van der Waals surface area contributed by atoms with E-state index in [1.54, 1.807) is 13.1 Å². The van der Waals surface area contributed by atoms with Crippen LogP contribution in [0.5, 0.6) is 0 Å². The molecule has 0 spiro atoms. The summed E-state index contributed by atoms with van der Waals surface area (Å²) in [5.74, 6) is -0.269. The second-order valence-corrected chi connectivity index (χ2v) is 5.81. The Kier molecular flexibility index (Phi) is 4.99. The summed E-state index contributed by atoms with van der Waals surface area (Å²) in [7, 11) is 1.67. The lowest BCUT2D eigenvalue weighted by atomic mass is 10.1. The third-order valence-electron chi connectivity index (χ3n) is 2.99. The smallest absolute Gasteiger partial charge is 0.255 e. The van der Waals surface area contributed by atoms with Crippen molar-refractivity contribution in [2.24, 2.45) is 0 Å². The third kappa shape index (κ3) is 3.62. The van der Waals surface area contributed by atoms with Gasteiger partial charge in [0.15, 0.2) is 0 Å². The van der Waals surface area contributed by atoms with E-state index in [9.17, 15) is 4.79 Å². The number of hydrogen-bond acceptors (Lipinski definition) is 2. The van der Waals surface area contributed by atoms with Crippen molar-refractivity contribution in [1.82, 2.24) is 4.90 Å². The van der Waals surface area contributed by atoms with Crippen LogP contribution < -0.4 is 5.73 Å². The SMILES string of the molecule is CN(Cc1ccccc1Cl)C(=O)c1cc(N)cc(Cl)c1Cl. The van der Waals surface area contributed by atoms with Crippen molar-refractivity contribution in [1.29, 1.82) is 0 Å². The fourth-order valence-corrected chi connectivity index (χ4v) is 2.54. The van der Waals surface area contributed by atoms with Gasteiger partial charge in [0.2, 0.25) is 0 Å². The van der Waals surface area contributed by atoms with Gasteiger partial charge in [0, 0.05) is 24.3 Å². The second-order valence-electron chi connectivity index (χ2n) is 4.62. The molecule has 0 heterocycles. The number of nitrogens with zero attached hydrogens (tertiary/aromatic N) is 1. The number of carbonyl (C=O) groups excluding carboxylic acids is 1. The van der Waals surface area contributed by atoms with E-state index in [0.29, 0.717) is 17.3 Å². The van der Waals surface area contributed by atoms with Gasteiger partial charge in [0.25, 0.3) is 5.91 Å². The molecular weight excluding hydrogens is 331 g/mol. The molecule has 0 saturated carbocycles. The van der Waals surface area contributed by atoms with Gasteiger partial charge in [-0.05, 0) is 23.8 Å². The molecular formula is C15H13Cl3N2O. The molecule has 21 heavy (non-hydrogen) atoms. The fraction of sp³-hybridized carbons (Fsp3) is 0.133. The van der Waals surface area contributed by atoms with Crippen LogP contribution >= 0.6 is 34.8 Å². The second kappa shape index (κ2) is 6.56. The number of nitrogens with two attached hydrogens (primary N) is 1. The first-order valence-corrected chi connectivity index (χ1v) is 7.27. The van der Waals surface area contributed by atoms with Gasteiger partial charge in [-0.25, -0.2) is 0 Å². The minimum absolute atomic E-state index is 0.196. The van der Waals surface area contributed by atoms with Crippen LogP contribution in [0.2, 0.25) is 15.1 Å². The highest BCUT2D eigenvalue weighted by atomic mass is 35.5. The van der Waals surface area contributed by atoms with Gasteiger partial charge in [0.1, 0.15) is 0 Å². The van der Waals surface area contributed by atoms with E-state index in [2.05, 4.69) is 0 Å². The summed E-state index contributed by atoms with van der Waals surface area (Å²) in [4.78, 5) is 14.0. The molecule has 0 unspecified atom stereocenters. The van der Waals surface area contributed by atoms with E-state index in [0.717, 1.165) is 5.56 Å². The maximum Gasteiger partial charge on any atom is 0.255 e. The summed E-state index contributed by atoms with van der Waals surface area (Å²) in [5.41, 5.74) is 7.22. The van der Waals surface area contributed by atoms with Gasteiger partial charge in [-0.15, -0.1) is 0 Å². The highest BCUT2D eigenvalue weighted by Gasteiger charge is 2.18. The topological polar surface area (TPSA) is 46.3 Å². The molecule has 0 bridgehead atoms. The summed E-state index contributed by atoms with van der Waals surface area (Å²) >= 11 is 18.1. The summed E-state index contributed by atoms with van der Waals surface area (Å²) in [6.07, 6.45) is 0. The Balaban J connectivity index is 2.26. The molecule has 2 aromatic rings. The lowest BCUT2D eigenvalue weighted by molar-refractivity contribution is 0.0785. The van der Waals surface area contributed by atoms with Crippen LogP contribution in [-0.2, 0) is 6.54 Å². The quantitative estimate of drug-likeness (QED) is 0.834. The summed E-state index contributed by atoms with van der Waals surface area (Å²) in [6.45, 7) is 0.362. The van der Waals surface area contributed by atoms with Gasteiger partial charge < -0.3 is 10.6 Å². The summed E-state index contributed by atoms with van der Waals surface area (Å²) in [6, 6.07) is 10.4. The van der Waals surface area contributed by atoms with Gasteiger partial charge in [0.05, 0.1) is 15.6 Å². The van der Waals surface area contributed by atoms with E-state index >= 15 is 0 Å². The number of carbonyl (C=O) groups is 1. The van der Waals surface area contributed by atoms with E-state index in [-0.39, 0.29) is 21.5 Å². The molecule has 2 rings (SSSR count). The van der Waals surface area contributed by atoms with Gasteiger partial charge in [-0.2, -0.15) is 0 Å². The van der Waals surface area contributed by atoms with Crippen LogP contribution in [0.1, 0.15) is 15.9 Å². The molecule has 2 aromatic carbocycles. The van der Waals surface area contributed by atoms with E-state index < -0.39 is 0 Å². The van der Waals surface area contributed by atoms with Crippen molar-refractivity contribution < 1.29 is 4.79 Å². The molecule has 1 amide bonds. The minimum Gasteiger partial charge on any atom is -0.399 e. The Morgan fingerprint density at radius 1 is 1.14 bits per heavy atom. The summed E-state index contributed by atoms with van der Waals surface area (Å²) < 4.78 is 0. The molecule has 0 saturated heterocycles. The van der Waals surface area contributed by atoms with E-state index in [1.807, 2.05) is 18.2 Å². The number of hydrogen-bond donors (Lipinski definition) is 1. The molecule has 0 aliphatic rings. The molecule has 0 aromatic heterocycles. The van der Waals surface area contributed by atoms with Crippen molar-refractivity contribution in [2.45, 2.75) is 6.54 Å². The van der Waals surface area contributed by atoms with Crippen molar-refractivity contribution in [2.75, 3.05) is 12.8 Å². The van der Waals surface area contributed by atoms with Crippen molar-refractivity contribution in [3.05, 3.63) is 62.6 Å². The zero-order valence-electron chi connectivity index (χ0n) is 11.2. The van der Waals surface area contributed by atoms with Crippen LogP contribution in [0.3, 0.4) is 0 Å². The Morgan fingerprint density at radius 2 is 1.81 bits per heavy atom. The number of benzene rings is 2. The normalized spacial score (nSPS) is 10.5. The van der Waals surface area contributed by atoms with Gasteiger partial charge >= 0.3 is 0 Å². The Labute approximate surface area is 138 Å². The van der Waals surface area contributed by atoms with Crippen LogP contribution in [0.4, 0.5) is 5.69 Å². The van der Waals surface area contributed by atoms with Crippen LogP contribution in [0.25, 0.3) is 0 Å². The Morgan fingerprint density at radius 3 is 2.48 bits per heavy atom. The van der Waals surface area contributed by atoms with Gasteiger partial charge in [-0.3, -0.25) is 4.79 Å². The molecule has 0 aliphatic carbocycles. The largest absolute Gasteiger partial charge is 0.399 e. The standard InChI is InChI=1S/C15H13Cl3N2O/c1-20(8-9-4-2-3-5-12(9)16)15(21)11-6-10(19)7-13(17)14(11)18/h2-7H,8,19H2,1H3. The molecule has 6 heteroatoms. The fourth-order valence-electron chi connectivity index (χ4n) is 1.93. The minimum atomic E-state index is -0.269. The predicted molar refractivity (Wildman–Crippen MR) is 88.1 cm³/mol. The molecule has 0 atom stereocenters. The molecule has 0 radical (unpaired) electrons. The highest BCUT2D eigenvalue weighted by molar-refractivity contribution is 6.44. The Bertz CT molecular complexity index is 689. The van der Waals surface area contributed by atoms with Crippen LogP contribution in [-0.4, -0.2) is 17.9 Å². The average Bonchev–Trinajstić information content (AvgIpc) is 2.44. The first kappa shape index (κ1) is 16.0. The van der Waals surface area contributed by atoms with Crippen LogP contribution in [0.15, 0.2) is 36.4 Å². The van der Waals surface area contributed by atoms with Crippen molar-refractivity contribution in [3.63, 3.8) is 0 Å². The molecule has 0 aliphatic heterocycles. The van der Waals surface area contributed by atoms with E-state index in [4.69, 9.17) is 40.5 Å². The molecule has 0 fully saturated rings. The first-order chi connectivity index (χ1) is 9.90. The van der Waals surface area contributed by atoms with Crippen LogP contribution in [0, 0.1) is 0 Å². The molecule has 3 nitrogen and oxygen atoms in total. The maximum absolute atomic E-state index is 12.5. The highest BCUT2D eigenvalue weighted by Crippen LogP contribution is 2.30. The number of nitrogen functional groups attached to an aromatic ring is 1. The number of anilines is 1. The summed E-state index contributed by atoms with van der Waals surface area (Å²) in [5, 5.41) is 1.06. The third-order valence-corrected chi connectivity index (χ3v) is 4.16. The number of halogens is 3. The lowest BCUT2D eigenvalue weighted by Crippen LogP contribution is -2.26. The van der Waals surface area contributed by atoms with Gasteiger partial charge in [-0.1, -0.05) is 53.0 Å². The zero-order valence-corrected chi connectivity index (χ0v) is 13.5.